The number of carbonyl (C=O) groups is 1. The molecule has 22 heavy (non-hydrogen) atoms. The zero-order valence-corrected chi connectivity index (χ0v) is 12.6. The van der Waals surface area contributed by atoms with Crippen LogP contribution in [-0.4, -0.2) is 51.1 Å². The van der Waals surface area contributed by atoms with E-state index in [4.69, 9.17) is 5.11 Å². The van der Waals surface area contributed by atoms with E-state index in [2.05, 4.69) is 15.3 Å². The number of likely N-dealkylation sites (N-methyl/N-ethyl adjacent to an activating group) is 1. The van der Waals surface area contributed by atoms with Gasteiger partial charge in [-0.1, -0.05) is 6.92 Å². The molecule has 2 aromatic heterocycles. The molecule has 0 bridgehead atoms. The van der Waals surface area contributed by atoms with Crippen molar-refractivity contribution >= 4 is 22.6 Å². The summed E-state index contributed by atoms with van der Waals surface area (Å²) in [6.45, 7) is 2.90. The van der Waals surface area contributed by atoms with Gasteiger partial charge in [0, 0.05) is 35.6 Å². The van der Waals surface area contributed by atoms with Crippen molar-refractivity contribution < 1.29 is 9.90 Å². The second-order valence-corrected chi connectivity index (χ2v) is 5.67. The number of aliphatic carboxylic acids is 1. The predicted molar refractivity (Wildman–Crippen MR) is 84.9 cm³/mol. The summed E-state index contributed by atoms with van der Waals surface area (Å²) in [7, 11) is 0. The number of anilines is 1. The van der Waals surface area contributed by atoms with Gasteiger partial charge in [0.25, 0.3) is 0 Å². The SMILES string of the molecule is CCN(CC(=O)O)C1CC(Nc2ccnc3cnccc23)C1. The molecule has 0 aliphatic heterocycles. The molecule has 1 saturated carbocycles. The molecule has 0 spiro atoms. The van der Waals surface area contributed by atoms with E-state index in [-0.39, 0.29) is 6.54 Å². The van der Waals surface area contributed by atoms with Crippen LogP contribution in [-0.2, 0) is 4.79 Å². The molecule has 0 radical (unpaired) electrons. The molecule has 1 aliphatic carbocycles. The van der Waals surface area contributed by atoms with E-state index >= 15 is 0 Å². The zero-order valence-electron chi connectivity index (χ0n) is 12.6. The van der Waals surface area contributed by atoms with Gasteiger partial charge >= 0.3 is 5.97 Å². The van der Waals surface area contributed by atoms with Gasteiger partial charge in [-0.2, -0.15) is 0 Å². The fourth-order valence-electron chi connectivity index (χ4n) is 3.02. The summed E-state index contributed by atoms with van der Waals surface area (Å²) < 4.78 is 0. The Hall–Kier alpha value is -2.21. The summed E-state index contributed by atoms with van der Waals surface area (Å²) in [6.07, 6.45) is 7.25. The Morgan fingerprint density at radius 1 is 1.41 bits per heavy atom. The average Bonchev–Trinajstić information content (AvgIpc) is 2.48. The second-order valence-electron chi connectivity index (χ2n) is 5.67. The summed E-state index contributed by atoms with van der Waals surface area (Å²) in [5.41, 5.74) is 1.95. The predicted octanol–water partition coefficient (Wildman–Crippen LogP) is 1.98. The number of hydrogen-bond donors (Lipinski definition) is 2. The molecule has 116 valence electrons. The Morgan fingerprint density at radius 2 is 2.23 bits per heavy atom. The number of pyridine rings is 2. The van der Waals surface area contributed by atoms with Crippen LogP contribution in [0.5, 0.6) is 0 Å². The number of nitrogens with zero attached hydrogens (tertiary/aromatic N) is 3. The zero-order chi connectivity index (χ0) is 15.5. The van der Waals surface area contributed by atoms with Crippen LogP contribution in [0.4, 0.5) is 5.69 Å². The normalized spacial score (nSPS) is 20.8. The van der Waals surface area contributed by atoms with E-state index in [9.17, 15) is 4.79 Å². The highest BCUT2D eigenvalue weighted by Gasteiger charge is 2.33. The van der Waals surface area contributed by atoms with Gasteiger partial charge in [0.1, 0.15) is 0 Å². The molecule has 2 N–H and O–H groups in total. The average molecular weight is 300 g/mol. The Labute approximate surface area is 129 Å². The molecule has 2 aromatic rings. The maximum atomic E-state index is 10.9. The standard InChI is InChI=1S/C16H20N4O2/c1-2-20(10-16(21)22)12-7-11(8-12)19-14-4-6-18-15-9-17-5-3-13(14)15/h3-6,9,11-12H,2,7-8,10H2,1H3,(H,18,19)(H,21,22). The van der Waals surface area contributed by atoms with Crippen molar-refractivity contribution in [3.05, 3.63) is 30.7 Å². The first-order valence-electron chi connectivity index (χ1n) is 7.58. The van der Waals surface area contributed by atoms with Crippen molar-refractivity contribution in [1.82, 2.24) is 14.9 Å². The number of carboxylic acids is 1. The first-order valence-corrected chi connectivity index (χ1v) is 7.58. The van der Waals surface area contributed by atoms with E-state index < -0.39 is 5.97 Å². The van der Waals surface area contributed by atoms with Gasteiger partial charge in [0.05, 0.1) is 18.3 Å². The number of hydrogen-bond acceptors (Lipinski definition) is 5. The topological polar surface area (TPSA) is 78.4 Å². The molecule has 3 rings (SSSR count). The van der Waals surface area contributed by atoms with Crippen LogP contribution in [0.15, 0.2) is 30.7 Å². The van der Waals surface area contributed by atoms with Crippen LogP contribution in [0.2, 0.25) is 0 Å². The summed E-state index contributed by atoms with van der Waals surface area (Å²) in [4.78, 5) is 21.3. The molecule has 1 fully saturated rings. The number of rotatable bonds is 6. The first-order chi connectivity index (χ1) is 10.7. The van der Waals surface area contributed by atoms with Gasteiger partial charge in [-0.3, -0.25) is 19.7 Å². The van der Waals surface area contributed by atoms with Crippen molar-refractivity contribution in [2.24, 2.45) is 0 Å². The molecule has 2 heterocycles. The Morgan fingerprint density at radius 3 is 2.95 bits per heavy atom. The lowest BCUT2D eigenvalue weighted by molar-refractivity contribution is -0.139. The quantitative estimate of drug-likeness (QED) is 0.849. The van der Waals surface area contributed by atoms with E-state index in [1.54, 1.807) is 18.6 Å². The Bertz CT molecular complexity index is 665. The lowest BCUT2D eigenvalue weighted by Gasteiger charge is -2.42. The van der Waals surface area contributed by atoms with Crippen molar-refractivity contribution in [2.45, 2.75) is 31.8 Å². The van der Waals surface area contributed by atoms with Gasteiger partial charge in [-0.25, -0.2) is 0 Å². The number of carboxylic acid groups (broad SMARTS) is 1. The van der Waals surface area contributed by atoms with Crippen molar-refractivity contribution in [3.63, 3.8) is 0 Å². The van der Waals surface area contributed by atoms with Crippen LogP contribution in [0.25, 0.3) is 10.9 Å². The molecule has 6 nitrogen and oxygen atoms in total. The van der Waals surface area contributed by atoms with E-state index in [1.807, 2.05) is 24.0 Å². The molecule has 0 saturated heterocycles. The van der Waals surface area contributed by atoms with Gasteiger partial charge in [0.15, 0.2) is 0 Å². The van der Waals surface area contributed by atoms with Gasteiger partial charge in [-0.05, 0) is 31.5 Å². The molecular formula is C16H20N4O2. The molecule has 0 unspecified atom stereocenters. The molecule has 1 aliphatic rings. The van der Waals surface area contributed by atoms with E-state index in [1.165, 1.54) is 0 Å². The Balaban J connectivity index is 1.63. The summed E-state index contributed by atoms with van der Waals surface area (Å²) in [5, 5.41) is 13.5. The van der Waals surface area contributed by atoms with E-state index in [0.717, 1.165) is 36.0 Å². The second kappa shape index (κ2) is 6.27. The minimum atomic E-state index is -0.758. The van der Waals surface area contributed by atoms with Gasteiger partial charge < -0.3 is 10.4 Å². The van der Waals surface area contributed by atoms with Crippen LogP contribution in [0, 0.1) is 0 Å². The highest BCUT2D eigenvalue weighted by molar-refractivity contribution is 5.90. The number of nitrogens with one attached hydrogen (secondary N) is 1. The highest BCUT2D eigenvalue weighted by atomic mass is 16.4. The molecule has 0 amide bonds. The molecule has 0 aromatic carbocycles. The third-order valence-electron chi connectivity index (χ3n) is 4.28. The third-order valence-corrected chi connectivity index (χ3v) is 4.28. The molecule has 6 heteroatoms. The Kier molecular flexibility index (Phi) is 4.20. The van der Waals surface area contributed by atoms with E-state index in [0.29, 0.717) is 12.1 Å². The lowest BCUT2D eigenvalue weighted by Crippen LogP contribution is -2.51. The first kappa shape index (κ1) is 14.7. The summed E-state index contributed by atoms with van der Waals surface area (Å²) in [5.74, 6) is -0.758. The van der Waals surface area contributed by atoms with Crippen molar-refractivity contribution in [2.75, 3.05) is 18.4 Å². The lowest BCUT2D eigenvalue weighted by atomic mass is 9.85. The monoisotopic (exact) mass is 300 g/mol. The fraction of sp³-hybridized carbons (Fsp3) is 0.438. The maximum absolute atomic E-state index is 10.9. The van der Waals surface area contributed by atoms with Gasteiger partial charge in [-0.15, -0.1) is 0 Å². The van der Waals surface area contributed by atoms with Crippen LogP contribution in [0.1, 0.15) is 19.8 Å². The smallest absolute Gasteiger partial charge is 0.317 e. The van der Waals surface area contributed by atoms with Crippen molar-refractivity contribution in [3.8, 4) is 0 Å². The molecule has 0 atom stereocenters. The number of aromatic nitrogens is 2. The fourth-order valence-corrected chi connectivity index (χ4v) is 3.02. The maximum Gasteiger partial charge on any atom is 0.317 e. The summed E-state index contributed by atoms with van der Waals surface area (Å²) >= 11 is 0. The van der Waals surface area contributed by atoms with Crippen molar-refractivity contribution in [1.29, 1.82) is 0 Å². The van der Waals surface area contributed by atoms with Crippen LogP contribution in [0.3, 0.4) is 0 Å². The van der Waals surface area contributed by atoms with Gasteiger partial charge in [0.2, 0.25) is 0 Å². The van der Waals surface area contributed by atoms with Crippen LogP contribution >= 0.6 is 0 Å². The summed E-state index contributed by atoms with van der Waals surface area (Å²) in [6, 6.07) is 4.67. The van der Waals surface area contributed by atoms with Crippen LogP contribution < -0.4 is 5.32 Å². The number of fused-ring (bicyclic) bond motifs is 1. The largest absolute Gasteiger partial charge is 0.480 e. The highest BCUT2D eigenvalue weighted by Crippen LogP contribution is 2.30. The minimum Gasteiger partial charge on any atom is -0.480 e. The molecular weight excluding hydrogens is 280 g/mol. The minimum absolute atomic E-state index is 0.123. The third kappa shape index (κ3) is 3.01.